The average Bonchev–Trinajstić information content (AvgIpc) is 3.46. The minimum absolute atomic E-state index is 0.0162. The van der Waals surface area contributed by atoms with Gasteiger partial charge in [-0.1, -0.05) is 18.9 Å². The maximum absolute atomic E-state index is 12.6. The van der Waals surface area contributed by atoms with Crippen LogP contribution in [0.4, 0.5) is 0 Å². The summed E-state index contributed by atoms with van der Waals surface area (Å²) in [6, 6.07) is 7.62. The molecule has 0 bridgehead atoms. The molecule has 178 valence electrons. The third kappa shape index (κ3) is 6.20. The SMILES string of the molecule is O=C(NNC(=O)c1cc2c(s1)CCCCCC2)c1cccc(S(=O)(=O)NCC2CCCO2)c1. The van der Waals surface area contributed by atoms with Gasteiger partial charge in [0, 0.05) is 23.6 Å². The van der Waals surface area contributed by atoms with Crippen molar-refractivity contribution in [2.45, 2.75) is 62.4 Å². The van der Waals surface area contributed by atoms with E-state index in [4.69, 9.17) is 4.74 Å². The van der Waals surface area contributed by atoms with Gasteiger partial charge >= 0.3 is 0 Å². The molecule has 2 aliphatic rings. The molecule has 1 aromatic heterocycles. The number of rotatable bonds is 6. The van der Waals surface area contributed by atoms with Crippen molar-refractivity contribution in [2.24, 2.45) is 0 Å². The minimum atomic E-state index is -3.78. The Morgan fingerprint density at radius 3 is 2.58 bits per heavy atom. The van der Waals surface area contributed by atoms with Crippen LogP contribution in [0.5, 0.6) is 0 Å². The van der Waals surface area contributed by atoms with Crippen LogP contribution in [0.25, 0.3) is 0 Å². The fourth-order valence-corrected chi connectivity index (χ4v) is 6.36. The summed E-state index contributed by atoms with van der Waals surface area (Å²) in [5, 5.41) is 0. The first-order valence-electron chi connectivity index (χ1n) is 11.4. The predicted octanol–water partition coefficient (Wildman–Crippen LogP) is 2.94. The van der Waals surface area contributed by atoms with Gasteiger partial charge < -0.3 is 4.74 Å². The van der Waals surface area contributed by atoms with Crippen LogP contribution in [0.2, 0.25) is 0 Å². The van der Waals surface area contributed by atoms with E-state index in [9.17, 15) is 18.0 Å². The molecule has 1 aliphatic heterocycles. The summed E-state index contributed by atoms with van der Waals surface area (Å²) in [5.41, 5.74) is 6.20. The minimum Gasteiger partial charge on any atom is -0.377 e. The van der Waals surface area contributed by atoms with Crippen LogP contribution in [0, 0.1) is 0 Å². The monoisotopic (exact) mass is 491 g/mol. The highest BCUT2D eigenvalue weighted by atomic mass is 32.2. The lowest BCUT2D eigenvalue weighted by molar-refractivity contribution is 0.0848. The molecule has 8 nitrogen and oxygen atoms in total. The first-order valence-corrected chi connectivity index (χ1v) is 13.7. The fourth-order valence-electron chi connectivity index (χ4n) is 4.10. The molecule has 1 aliphatic carbocycles. The number of hydrogen-bond acceptors (Lipinski definition) is 6. The van der Waals surface area contributed by atoms with E-state index in [0.717, 1.165) is 38.5 Å². The van der Waals surface area contributed by atoms with Gasteiger partial charge in [-0.25, -0.2) is 13.1 Å². The Kier molecular flexibility index (Phi) is 7.79. The van der Waals surface area contributed by atoms with Gasteiger partial charge in [0.05, 0.1) is 15.9 Å². The topological polar surface area (TPSA) is 114 Å². The highest BCUT2D eigenvalue weighted by Crippen LogP contribution is 2.28. The zero-order valence-corrected chi connectivity index (χ0v) is 20.0. The molecule has 33 heavy (non-hydrogen) atoms. The lowest BCUT2D eigenvalue weighted by atomic mass is 10.00. The van der Waals surface area contributed by atoms with Gasteiger partial charge in [0.15, 0.2) is 0 Å². The van der Waals surface area contributed by atoms with E-state index in [1.54, 1.807) is 0 Å². The van der Waals surface area contributed by atoms with Crippen molar-refractivity contribution < 1.29 is 22.7 Å². The van der Waals surface area contributed by atoms with Crippen LogP contribution in [0.1, 0.15) is 69.0 Å². The van der Waals surface area contributed by atoms with E-state index < -0.39 is 15.9 Å². The highest BCUT2D eigenvalue weighted by Gasteiger charge is 2.22. The van der Waals surface area contributed by atoms with Crippen LogP contribution in [0.15, 0.2) is 35.2 Å². The number of hydrazine groups is 1. The van der Waals surface area contributed by atoms with Crippen LogP contribution in [-0.2, 0) is 27.6 Å². The largest absolute Gasteiger partial charge is 0.377 e. The Labute approximate surface area is 198 Å². The normalized spacial score (nSPS) is 18.7. The number of hydrogen-bond donors (Lipinski definition) is 3. The molecule has 1 unspecified atom stereocenters. The standard InChI is InChI=1S/C23H29N3O5S2/c27-22(25-26-23(28)21-14-16-7-3-1-2-4-11-20(16)32-21)17-8-5-10-19(13-17)33(29,30)24-15-18-9-6-12-31-18/h5,8,10,13-14,18,24H,1-4,6-7,9,11-12,15H2,(H,25,27)(H,26,28). The molecule has 3 N–H and O–H groups in total. The van der Waals surface area contributed by atoms with E-state index in [1.807, 2.05) is 6.07 Å². The molecule has 4 rings (SSSR count). The Morgan fingerprint density at radius 2 is 1.79 bits per heavy atom. The molecule has 1 atom stereocenters. The van der Waals surface area contributed by atoms with Crippen molar-refractivity contribution in [1.82, 2.24) is 15.6 Å². The van der Waals surface area contributed by atoms with Gasteiger partial charge in [-0.3, -0.25) is 20.4 Å². The van der Waals surface area contributed by atoms with Crippen LogP contribution in [0.3, 0.4) is 0 Å². The highest BCUT2D eigenvalue weighted by molar-refractivity contribution is 7.89. The zero-order valence-electron chi connectivity index (χ0n) is 18.4. The molecule has 0 spiro atoms. The van der Waals surface area contributed by atoms with Crippen molar-refractivity contribution in [3.63, 3.8) is 0 Å². The molecule has 2 amide bonds. The third-order valence-corrected chi connectivity index (χ3v) is 8.60. The summed E-state index contributed by atoms with van der Waals surface area (Å²) in [6.45, 7) is 0.835. The zero-order chi connectivity index (χ0) is 23.3. The molecular weight excluding hydrogens is 462 g/mol. The lowest BCUT2D eigenvalue weighted by Crippen LogP contribution is -2.41. The first kappa shape index (κ1) is 23.9. The number of ether oxygens (including phenoxy) is 1. The van der Waals surface area contributed by atoms with Gasteiger partial charge in [0.1, 0.15) is 0 Å². The van der Waals surface area contributed by atoms with E-state index in [0.29, 0.717) is 11.5 Å². The van der Waals surface area contributed by atoms with Crippen molar-refractivity contribution in [3.8, 4) is 0 Å². The number of thiophene rings is 1. The Bertz CT molecular complexity index is 1080. The molecule has 1 fully saturated rings. The molecule has 2 heterocycles. The van der Waals surface area contributed by atoms with Gasteiger partial charge in [-0.15, -0.1) is 11.3 Å². The van der Waals surface area contributed by atoms with Crippen molar-refractivity contribution in [2.75, 3.05) is 13.2 Å². The van der Waals surface area contributed by atoms with E-state index >= 15 is 0 Å². The molecule has 2 aromatic rings. The third-order valence-electron chi connectivity index (χ3n) is 5.94. The quantitative estimate of drug-likeness (QED) is 0.538. The number of fused-ring (bicyclic) bond motifs is 1. The van der Waals surface area contributed by atoms with Crippen molar-refractivity contribution in [3.05, 3.63) is 51.2 Å². The van der Waals surface area contributed by atoms with Crippen molar-refractivity contribution in [1.29, 1.82) is 0 Å². The number of aryl methyl sites for hydroxylation is 2. The molecule has 1 saturated heterocycles. The summed E-state index contributed by atoms with van der Waals surface area (Å²) < 4.78 is 33.2. The Morgan fingerprint density at radius 1 is 1.00 bits per heavy atom. The first-order chi connectivity index (χ1) is 15.9. The van der Waals surface area contributed by atoms with Gasteiger partial charge in [-0.05, 0) is 68.4 Å². The molecular formula is C23H29N3O5S2. The fraction of sp³-hybridized carbons (Fsp3) is 0.478. The molecule has 1 aromatic carbocycles. The number of sulfonamides is 1. The van der Waals surface area contributed by atoms with Gasteiger partial charge in [-0.2, -0.15) is 0 Å². The average molecular weight is 492 g/mol. The second-order valence-corrected chi connectivity index (χ2v) is 11.3. The lowest BCUT2D eigenvalue weighted by Gasteiger charge is -2.12. The second kappa shape index (κ2) is 10.8. The molecule has 0 saturated carbocycles. The maximum Gasteiger partial charge on any atom is 0.279 e. The summed E-state index contributed by atoms with van der Waals surface area (Å²) in [4.78, 5) is 26.9. The van der Waals surface area contributed by atoms with Crippen LogP contribution >= 0.6 is 11.3 Å². The number of carbonyl (C=O) groups excluding carboxylic acids is 2. The van der Waals surface area contributed by atoms with Gasteiger partial charge in [0.25, 0.3) is 11.8 Å². The maximum atomic E-state index is 12.6. The summed E-state index contributed by atoms with van der Waals surface area (Å²) in [7, 11) is -3.78. The number of carbonyl (C=O) groups is 2. The summed E-state index contributed by atoms with van der Waals surface area (Å²) in [6.07, 6.45) is 8.27. The number of nitrogens with one attached hydrogen (secondary N) is 3. The molecule has 0 radical (unpaired) electrons. The number of amides is 2. The Balaban J connectivity index is 1.35. The second-order valence-electron chi connectivity index (χ2n) is 8.40. The molecule has 10 heteroatoms. The van der Waals surface area contributed by atoms with Gasteiger partial charge in [0.2, 0.25) is 10.0 Å². The van der Waals surface area contributed by atoms with Crippen LogP contribution in [-0.4, -0.2) is 39.5 Å². The Hall–Kier alpha value is -2.27. The summed E-state index contributed by atoms with van der Waals surface area (Å²) in [5.74, 6) is -0.962. The van der Waals surface area contributed by atoms with E-state index in [-0.39, 0.29) is 29.0 Å². The smallest absolute Gasteiger partial charge is 0.279 e. The van der Waals surface area contributed by atoms with Crippen LogP contribution < -0.4 is 15.6 Å². The summed E-state index contributed by atoms with van der Waals surface area (Å²) >= 11 is 1.47. The van der Waals surface area contributed by atoms with Crippen molar-refractivity contribution >= 4 is 33.2 Å². The van der Waals surface area contributed by atoms with E-state index in [1.165, 1.54) is 58.9 Å². The number of benzene rings is 1. The predicted molar refractivity (Wildman–Crippen MR) is 126 cm³/mol. The van der Waals surface area contributed by atoms with E-state index in [2.05, 4.69) is 15.6 Å².